The highest BCUT2D eigenvalue weighted by molar-refractivity contribution is 7.14. The first kappa shape index (κ1) is 11.7. The number of carboxylic acids is 1. The molecule has 0 radical (unpaired) electrons. The van der Waals surface area contributed by atoms with Crippen LogP contribution in [0.4, 0.5) is 5.13 Å². The molecule has 90 valence electrons. The van der Waals surface area contributed by atoms with Gasteiger partial charge in [-0.2, -0.15) is 0 Å². The third kappa shape index (κ3) is 3.07. The maximum atomic E-state index is 10.4. The summed E-state index contributed by atoms with van der Waals surface area (Å²) in [6, 6.07) is 2.00. The minimum atomic E-state index is -0.808. The van der Waals surface area contributed by atoms with Crippen molar-refractivity contribution in [2.24, 2.45) is 7.05 Å². The molecule has 0 fully saturated rings. The molecule has 0 saturated heterocycles. The quantitative estimate of drug-likeness (QED) is 0.853. The van der Waals surface area contributed by atoms with Crippen molar-refractivity contribution in [2.75, 3.05) is 11.9 Å². The number of carbonyl (C=O) groups is 1. The fraction of sp³-hybridized carbons (Fsp3) is 0.273. The molecule has 0 aromatic carbocycles. The zero-order chi connectivity index (χ0) is 12.3. The van der Waals surface area contributed by atoms with Crippen LogP contribution in [0, 0.1) is 0 Å². The van der Waals surface area contributed by atoms with Crippen LogP contribution in [-0.2, 0) is 11.8 Å². The van der Waals surface area contributed by atoms with Crippen molar-refractivity contribution in [3.05, 3.63) is 23.8 Å². The number of nitrogens with zero attached hydrogens (tertiary/aromatic N) is 2. The van der Waals surface area contributed by atoms with Crippen LogP contribution < -0.4 is 5.32 Å². The number of carboxylic acid groups (broad SMARTS) is 1. The van der Waals surface area contributed by atoms with Gasteiger partial charge >= 0.3 is 5.97 Å². The van der Waals surface area contributed by atoms with Crippen molar-refractivity contribution in [1.82, 2.24) is 9.55 Å². The van der Waals surface area contributed by atoms with E-state index in [4.69, 9.17) is 5.11 Å². The first-order valence-electron chi connectivity index (χ1n) is 5.18. The molecule has 0 amide bonds. The van der Waals surface area contributed by atoms with Gasteiger partial charge in [0.15, 0.2) is 5.13 Å². The Kier molecular flexibility index (Phi) is 3.43. The minimum Gasteiger partial charge on any atom is -0.481 e. The summed E-state index contributed by atoms with van der Waals surface area (Å²) in [5, 5.41) is 14.2. The van der Waals surface area contributed by atoms with Crippen molar-refractivity contribution in [2.45, 2.75) is 6.42 Å². The number of thiazole rings is 1. The molecule has 0 atom stereocenters. The van der Waals surface area contributed by atoms with E-state index < -0.39 is 5.97 Å². The molecule has 0 saturated carbocycles. The molecule has 5 nitrogen and oxygen atoms in total. The molecule has 0 unspecified atom stereocenters. The van der Waals surface area contributed by atoms with Gasteiger partial charge < -0.3 is 15.0 Å². The summed E-state index contributed by atoms with van der Waals surface area (Å²) in [6.07, 6.45) is 4.06. The third-order valence-corrected chi connectivity index (χ3v) is 3.05. The van der Waals surface area contributed by atoms with Crippen LogP contribution in [-0.4, -0.2) is 27.2 Å². The third-order valence-electron chi connectivity index (χ3n) is 2.25. The monoisotopic (exact) mass is 251 g/mol. The largest absolute Gasteiger partial charge is 0.481 e. The summed E-state index contributed by atoms with van der Waals surface area (Å²) in [4.78, 5) is 14.8. The number of hydrogen-bond donors (Lipinski definition) is 2. The Bertz CT molecular complexity index is 518. The van der Waals surface area contributed by atoms with Gasteiger partial charge in [0.25, 0.3) is 0 Å². The van der Waals surface area contributed by atoms with Gasteiger partial charge in [-0.1, -0.05) is 0 Å². The maximum Gasteiger partial charge on any atom is 0.305 e. The number of anilines is 1. The molecular formula is C11H13N3O2S. The van der Waals surface area contributed by atoms with Crippen molar-refractivity contribution < 1.29 is 9.90 Å². The molecule has 2 rings (SSSR count). The van der Waals surface area contributed by atoms with E-state index in [2.05, 4.69) is 10.3 Å². The second-order valence-electron chi connectivity index (χ2n) is 3.67. The number of rotatable bonds is 5. The topological polar surface area (TPSA) is 67.2 Å². The summed E-state index contributed by atoms with van der Waals surface area (Å²) in [5.41, 5.74) is 1.98. The Labute approximate surface area is 103 Å². The van der Waals surface area contributed by atoms with Crippen LogP contribution in [0.15, 0.2) is 23.8 Å². The van der Waals surface area contributed by atoms with E-state index in [1.807, 2.05) is 35.5 Å². The van der Waals surface area contributed by atoms with Crippen molar-refractivity contribution >= 4 is 22.4 Å². The second kappa shape index (κ2) is 5.01. The number of nitrogens with one attached hydrogen (secondary N) is 1. The van der Waals surface area contributed by atoms with E-state index in [0.717, 1.165) is 16.4 Å². The molecule has 0 bridgehead atoms. The van der Waals surface area contributed by atoms with Crippen molar-refractivity contribution in [3.8, 4) is 11.3 Å². The maximum absolute atomic E-state index is 10.4. The molecule has 0 aliphatic heterocycles. The SMILES string of the molecule is Cn1ccc(-c2csc(NCCC(=O)O)n2)c1. The first-order chi connectivity index (χ1) is 8.15. The van der Waals surface area contributed by atoms with E-state index in [1.54, 1.807) is 0 Å². The molecule has 0 aliphatic rings. The van der Waals surface area contributed by atoms with Crippen LogP contribution in [0.2, 0.25) is 0 Å². The Morgan fingerprint density at radius 1 is 1.65 bits per heavy atom. The summed E-state index contributed by atoms with van der Waals surface area (Å²) in [6.45, 7) is 0.400. The van der Waals surface area contributed by atoms with Gasteiger partial charge in [0.05, 0.1) is 12.1 Å². The molecule has 0 spiro atoms. The van der Waals surface area contributed by atoms with Gasteiger partial charge in [-0.3, -0.25) is 4.79 Å². The van der Waals surface area contributed by atoms with Gasteiger partial charge in [-0.15, -0.1) is 11.3 Å². The average molecular weight is 251 g/mol. The molecule has 0 aliphatic carbocycles. The van der Waals surface area contributed by atoms with E-state index in [9.17, 15) is 4.79 Å². The lowest BCUT2D eigenvalue weighted by Crippen LogP contribution is -2.07. The highest BCUT2D eigenvalue weighted by atomic mass is 32.1. The predicted octanol–water partition coefficient (Wildman–Crippen LogP) is 2.04. The van der Waals surface area contributed by atoms with E-state index in [0.29, 0.717) is 6.54 Å². The lowest BCUT2D eigenvalue weighted by atomic mass is 10.3. The van der Waals surface area contributed by atoms with Crippen LogP contribution >= 0.6 is 11.3 Å². The summed E-state index contributed by atoms with van der Waals surface area (Å²) in [5.74, 6) is -0.808. The van der Waals surface area contributed by atoms with Gasteiger partial charge in [-0.05, 0) is 6.07 Å². The van der Waals surface area contributed by atoms with Crippen LogP contribution in [0.5, 0.6) is 0 Å². The molecule has 2 aromatic rings. The normalized spacial score (nSPS) is 10.4. The van der Waals surface area contributed by atoms with E-state index >= 15 is 0 Å². The Hall–Kier alpha value is -1.82. The van der Waals surface area contributed by atoms with Gasteiger partial charge in [-0.25, -0.2) is 4.98 Å². The molecule has 17 heavy (non-hydrogen) atoms. The lowest BCUT2D eigenvalue weighted by Gasteiger charge is -1.98. The number of aromatic nitrogens is 2. The fourth-order valence-corrected chi connectivity index (χ4v) is 2.17. The molecule has 6 heteroatoms. The zero-order valence-electron chi connectivity index (χ0n) is 9.38. The van der Waals surface area contributed by atoms with Crippen LogP contribution in [0.1, 0.15) is 6.42 Å². The predicted molar refractivity (Wildman–Crippen MR) is 67.3 cm³/mol. The smallest absolute Gasteiger partial charge is 0.305 e. The number of hydrogen-bond acceptors (Lipinski definition) is 4. The fourth-order valence-electron chi connectivity index (χ4n) is 1.42. The van der Waals surface area contributed by atoms with E-state index in [1.165, 1.54) is 11.3 Å². The average Bonchev–Trinajstić information content (AvgIpc) is 2.86. The summed E-state index contributed by atoms with van der Waals surface area (Å²) < 4.78 is 1.96. The Morgan fingerprint density at radius 2 is 2.47 bits per heavy atom. The van der Waals surface area contributed by atoms with Crippen LogP contribution in [0.3, 0.4) is 0 Å². The van der Waals surface area contributed by atoms with Crippen molar-refractivity contribution in [1.29, 1.82) is 0 Å². The first-order valence-corrected chi connectivity index (χ1v) is 6.06. The van der Waals surface area contributed by atoms with Crippen molar-refractivity contribution in [3.63, 3.8) is 0 Å². The van der Waals surface area contributed by atoms with E-state index in [-0.39, 0.29) is 6.42 Å². The van der Waals surface area contributed by atoms with Crippen LogP contribution in [0.25, 0.3) is 11.3 Å². The summed E-state index contributed by atoms with van der Waals surface area (Å²) in [7, 11) is 1.96. The summed E-state index contributed by atoms with van der Waals surface area (Å²) >= 11 is 1.48. The minimum absolute atomic E-state index is 0.0975. The number of aliphatic carboxylic acids is 1. The highest BCUT2D eigenvalue weighted by Gasteiger charge is 2.05. The zero-order valence-corrected chi connectivity index (χ0v) is 10.2. The Morgan fingerprint density at radius 3 is 3.12 bits per heavy atom. The standard InChI is InChI=1S/C11H13N3O2S/c1-14-5-3-8(6-14)9-7-17-11(13-9)12-4-2-10(15)16/h3,5-7H,2,4H2,1H3,(H,12,13)(H,15,16). The highest BCUT2D eigenvalue weighted by Crippen LogP contribution is 2.24. The molecule has 2 N–H and O–H groups in total. The Balaban J connectivity index is 1.98. The van der Waals surface area contributed by atoms with Gasteiger partial charge in [0, 0.05) is 36.9 Å². The number of aryl methyl sites for hydroxylation is 1. The lowest BCUT2D eigenvalue weighted by molar-refractivity contribution is -0.136. The molecule has 2 aromatic heterocycles. The molecule has 2 heterocycles. The van der Waals surface area contributed by atoms with Gasteiger partial charge in [0.1, 0.15) is 0 Å². The second-order valence-corrected chi connectivity index (χ2v) is 4.53. The molecular weight excluding hydrogens is 238 g/mol. The van der Waals surface area contributed by atoms with Gasteiger partial charge in [0.2, 0.25) is 0 Å².